The van der Waals surface area contributed by atoms with Crippen LogP contribution in [0.3, 0.4) is 0 Å². The van der Waals surface area contributed by atoms with Gasteiger partial charge in [0.05, 0.1) is 0 Å². The van der Waals surface area contributed by atoms with Crippen LogP contribution in [0, 0.1) is 5.92 Å². The number of carbonyl (C=O) groups excluding carboxylic acids is 2. The van der Waals surface area contributed by atoms with E-state index < -0.39 is 0 Å². The predicted molar refractivity (Wildman–Crippen MR) is 112 cm³/mol. The molecule has 29 heavy (non-hydrogen) atoms. The third kappa shape index (κ3) is 4.95. The molecule has 6 nitrogen and oxygen atoms in total. The van der Waals surface area contributed by atoms with Gasteiger partial charge in [0.15, 0.2) is 0 Å². The third-order valence-corrected chi connectivity index (χ3v) is 5.62. The molecule has 2 aromatic rings. The van der Waals surface area contributed by atoms with Gasteiger partial charge in [0, 0.05) is 44.1 Å². The molecular formula is C23H27N3O3. The van der Waals surface area contributed by atoms with Gasteiger partial charge in [0.1, 0.15) is 0 Å². The second-order valence-electron chi connectivity index (χ2n) is 7.76. The van der Waals surface area contributed by atoms with E-state index >= 15 is 0 Å². The Hall–Kier alpha value is -2.86. The monoisotopic (exact) mass is 393 g/mol. The van der Waals surface area contributed by atoms with Crippen molar-refractivity contribution in [2.24, 2.45) is 5.92 Å². The first kappa shape index (κ1) is 19.5. The molecule has 0 spiro atoms. The van der Waals surface area contributed by atoms with E-state index in [1.807, 2.05) is 12.1 Å². The van der Waals surface area contributed by atoms with Crippen molar-refractivity contribution < 1.29 is 14.3 Å². The lowest BCUT2D eigenvalue weighted by molar-refractivity contribution is 0.0514. The number of rotatable bonds is 5. The molecule has 0 radical (unpaired) electrons. The van der Waals surface area contributed by atoms with Crippen molar-refractivity contribution in [1.29, 1.82) is 0 Å². The molecule has 0 aromatic heterocycles. The number of ether oxygens (including phenoxy) is 1. The van der Waals surface area contributed by atoms with Crippen LogP contribution in [-0.2, 0) is 17.8 Å². The molecule has 0 saturated carbocycles. The summed E-state index contributed by atoms with van der Waals surface area (Å²) in [6.07, 6.45) is 3.22. The predicted octanol–water partition coefficient (Wildman–Crippen LogP) is 3.78. The molecule has 152 valence electrons. The van der Waals surface area contributed by atoms with Crippen molar-refractivity contribution in [3.05, 3.63) is 65.2 Å². The molecule has 0 aliphatic carbocycles. The molecule has 2 N–H and O–H groups in total. The van der Waals surface area contributed by atoms with E-state index in [-0.39, 0.29) is 11.9 Å². The number of amides is 3. The summed E-state index contributed by atoms with van der Waals surface area (Å²) in [5.74, 6) is 0.452. The topological polar surface area (TPSA) is 70.7 Å². The quantitative estimate of drug-likeness (QED) is 0.812. The Kier molecular flexibility index (Phi) is 6.10. The zero-order valence-electron chi connectivity index (χ0n) is 16.5. The van der Waals surface area contributed by atoms with E-state index in [1.54, 1.807) is 29.2 Å². The molecule has 1 fully saturated rings. The zero-order valence-corrected chi connectivity index (χ0v) is 16.5. The fourth-order valence-electron chi connectivity index (χ4n) is 3.91. The summed E-state index contributed by atoms with van der Waals surface area (Å²) < 4.78 is 5.47. The van der Waals surface area contributed by atoms with Gasteiger partial charge in [-0.25, -0.2) is 4.79 Å². The first-order chi connectivity index (χ1) is 14.2. The number of hydrogen-bond donors (Lipinski definition) is 2. The average Bonchev–Trinajstić information content (AvgIpc) is 3.19. The van der Waals surface area contributed by atoms with Crippen LogP contribution in [0.4, 0.5) is 10.5 Å². The standard InChI is InChI=1S/C23H27N3O3/c27-22(24-12-11-17-4-3-13-29-16-17)18-7-9-21(10-8-18)25-23(28)26-14-19-5-1-2-6-20(19)15-26/h1-2,5-10,17H,3-4,11-16H2,(H,24,27)(H,25,28). The summed E-state index contributed by atoms with van der Waals surface area (Å²) >= 11 is 0. The van der Waals surface area contributed by atoms with Crippen LogP contribution in [0.25, 0.3) is 0 Å². The Morgan fingerprint density at radius 3 is 2.41 bits per heavy atom. The normalized spacial score (nSPS) is 18.2. The fourth-order valence-corrected chi connectivity index (χ4v) is 3.91. The summed E-state index contributed by atoms with van der Waals surface area (Å²) in [7, 11) is 0. The summed E-state index contributed by atoms with van der Waals surface area (Å²) in [5, 5.41) is 5.88. The minimum atomic E-state index is -0.131. The molecule has 3 amide bonds. The van der Waals surface area contributed by atoms with Gasteiger partial charge in [-0.05, 0) is 60.6 Å². The number of fused-ring (bicyclic) bond motifs is 1. The Bertz CT molecular complexity index is 835. The lowest BCUT2D eigenvalue weighted by atomic mass is 9.99. The number of anilines is 1. The maximum Gasteiger partial charge on any atom is 0.322 e. The van der Waals surface area contributed by atoms with E-state index in [1.165, 1.54) is 17.5 Å². The SMILES string of the molecule is O=C(NCCC1CCCOC1)c1ccc(NC(=O)N2Cc3ccccc3C2)cc1. The highest BCUT2D eigenvalue weighted by atomic mass is 16.5. The Labute approximate surface area is 171 Å². The largest absolute Gasteiger partial charge is 0.381 e. The van der Waals surface area contributed by atoms with Gasteiger partial charge in [-0.2, -0.15) is 0 Å². The molecule has 4 rings (SSSR count). The molecule has 2 aliphatic heterocycles. The number of nitrogens with one attached hydrogen (secondary N) is 2. The lowest BCUT2D eigenvalue weighted by Gasteiger charge is -2.21. The second-order valence-corrected chi connectivity index (χ2v) is 7.76. The summed E-state index contributed by atoms with van der Waals surface area (Å²) in [6, 6.07) is 15.0. The Balaban J connectivity index is 1.24. The van der Waals surface area contributed by atoms with Gasteiger partial charge in [0.2, 0.25) is 0 Å². The molecule has 1 unspecified atom stereocenters. The van der Waals surface area contributed by atoms with Crippen LogP contribution in [-0.4, -0.2) is 36.6 Å². The fraction of sp³-hybridized carbons (Fsp3) is 0.391. The number of nitrogens with zero attached hydrogens (tertiary/aromatic N) is 1. The summed E-state index contributed by atoms with van der Waals surface area (Å²) in [4.78, 5) is 26.6. The van der Waals surface area contributed by atoms with E-state index in [0.29, 0.717) is 36.8 Å². The third-order valence-electron chi connectivity index (χ3n) is 5.62. The maximum absolute atomic E-state index is 12.5. The van der Waals surface area contributed by atoms with Crippen molar-refractivity contribution in [3.63, 3.8) is 0 Å². The number of hydrogen-bond acceptors (Lipinski definition) is 3. The van der Waals surface area contributed by atoms with E-state index in [2.05, 4.69) is 22.8 Å². The van der Waals surface area contributed by atoms with E-state index in [9.17, 15) is 9.59 Å². The van der Waals surface area contributed by atoms with E-state index in [4.69, 9.17) is 4.74 Å². The van der Waals surface area contributed by atoms with Gasteiger partial charge in [0.25, 0.3) is 5.91 Å². The Morgan fingerprint density at radius 1 is 1.03 bits per heavy atom. The number of urea groups is 1. The van der Waals surface area contributed by atoms with Crippen LogP contribution >= 0.6 is 0 Å². The zero-order chi connectivity index (χ0) is 20.1. The summed E-state index contributed by atoms with van der Waals surface area (Å²) in [6.45, 7) is 3.55. The highest BCUT2D eigenvalue weighted by Gasteiger charge is 2.22. The maximum atomic E-state index is 12.5. The van der Waals surface area contributed by atoms with Crippen LogP contribution in [0.1, 0.15) is 40.7 Å². The number of benzene rings is 2. The van der Waals surface area contributed by atoms with Crippen molar-refractivity contribution in [1.82, 2.24) is 10.2 Å². The molecule has 1 atom stereocenters. The molecule has 6 heteroatoms. The molecule has 1 saturated heterocycles. The second kappa shape index (κ2) is 9.09. The Morgan fingerprint density at radius 2 is 1.76 bits per heavy atom. The number of carbonyl (C=O) groups is 2. The van der Waals surface area contributed by atoms with Gasteiger partial charge in [-0.15, -0.1) is 0 Å². The van der Waals surface area contributed by atoms with Crippen LogP contribution < -0.4 is 10.6 Å². The first-order valence-corrected chi connectivity index (χ1v) is 10.3. The highest BCUT2D eigenvalue weighted by Crippen LogP contribution is 2.23. The van der Waals surface area contributed by atoms with Gasteiger partial charge >= 0.3 is 6.03 Å². The smallest absolute Gasteiger partial charge is 0.322 e. The first-order valence-electron chi connectivity index (χ1n) is 10.3. The van der Waals surface area contributed by atoms with E-state index in [0.717, 1.165) is 26.1 Å². The minimum absolute atomic E-state index is 0.0883. The van der Waals surface area contributed by atoms with Crippen LogP contribution in [0.5, 0.6) is 0 Å². The van der Waals surface area contributed by atoms with Gasteiger partial charge < -0.3 is 20.3 Å². The van der Waals surface area contributed by atoms with Gasteiger partial charge in [-0.3, -0.25) is 4.79 Å². The summed E-state index contributed by atoms with van der Waals surface area (Å²) in [5.41, 5.74) is 3.65. The minimum Gasteiger partial charge on any atom is -0.381 e. The van der Waals surface area contributed by atoms with Crippen molar-refractivity contribution in [2.75, 3.05) is 25.1 Å². The molecule has 2 heterocycles. The molecular weight excluding hydrogens is 366 g/mol. The van der Waals surface area contributed by atoms with Crippen LogP contribution in [0.2, 0.25) is 0 Å². The molecule has 0 bridgehead atoms. The highest BCUT2D eigenvalue weighted by molar-refractivity contribution is 5.95. The molecule has 2 aromatic carbocycles. The average molecular weight is 393 g/mol. The van der Waals surface area contributed by atoms with Gasteiger partial charge in [-0.1, -0.05) is 24.3 Å². The van der Waals surface area contributed by atoms with Crippen LogP contribution in [0.15, 0.2) is 48.5 Å². The van der Waals surface area contributed by atoms with Crippen molar-refractivity contribution in [3.8, 4) is 0 Å². The lowest BCUT2D eigenvalue weighted by Crippen LogP contribution is -2.30. The van der Waals surface area contributed by atoms with Crippen molar-refractivity contribution >= 4 is 17.6 Å². The molecule has 2 aliphatic rings. The van der Waals surface area contributed by atoms with Crippen molar-refractivity contribution in [2.45, 2.75) is 32.4 Å².